The second-order valence-electron chi connectivity index (χ2n) is 7.57. The molecule has 2 aromatic rings. The number of para-hydroxylation sites is 1. The lowest BCUT2D eigenvalue weighted by atomic mass is 9.76. The summed E-state index contributed by atoms with van der Waals surface area (Å²) in [6.07, 6.45) is 2.69. The Bertz CT molecular complexity index is 871. The second-order valence-corrected chi connectivity index (χ2v) is 7.57. The standard InChI is InChI=1S/C21H28N4O3/c1-4-17-15(19(27-3)24(2)23-17)13-22-20(26)25-14-21(9-11-28-12-10-21)16-7-5-6-8-18(16)25/h5-8H,4,9-14H2,1-3H3,(H,22,26). The molecular weight excluding hydrogens is 356 g/mol. The predicted octanol–water partition coefficient (Wildman–Crippen LogP) is 2.77. The molecule has 0 aliphatic carbocycles. The van der Waals surface area contributed by atoms with Crippen molar-refractivity contribution in [3.05, 3.63) is 41.1 Å². The molecular formula is C21H28N4O3. The molecule has 1 aromatic heterocycles. The molecule has 0 unspecified atom stereocenters. The predicted molar refractivity (Wildman–Crippen MR) is 107 cm³/mol. The van der Waals surface area contributed by atoms with Crippen molar-refractivity contribution in [1.29, 1.82) is 0 Å². The largest absolute Gasteiger partial charge is 0.481 e. The van der Waals surface area contributed by atoms with Crippen LogP contribution in [0.1, 0.15) is 36.6 Å². The number of hydrogen-bond donors (Lipinski definition) is 1. The van der Waals surface area contributed by atoms with Gasteiger partial charge in [0, 0.05) is 37.9 Å². The number of amides is 2. The molecule has 4 rings (SSSR count). The van der Waals surface area contributed by atoms with E-state index in [9.17, 15) is 4.79 Å². The Labute approximate surface area is 165 Å². The van der Waals surface area contributed by atoms with E-state index in [4.69, 9.17) is 9.47 Å². The van der Waals surface area contributed by atoms with Crippen LogP contribution in [0.25, 0.3) is 0 Å². The Kier molecular flexibility index (Phi) is 5.02. The van der Waals surface area contributed by atoms with E-state index in [1.54, 1.807) is 11.8 Å². The number of urea groups is 1. The molecule has 2 amide bonds. The third-order valence-corrected chi connectivity index (χ3v) is 6.04. The van der Waals surface area contributed by atoms with E-state index < -0.39 is 0 Å². The first kappa shape index (κ1) is 18.8. The van der Waals surface area contributed by atoms with Gasteiger partial charge in [-0.05, 0) is 30.9 Å². The SMILES string of the molecule is CCc1nn(C)c(OC)c1CNC(=O)N1CC2(CCOCC2)c2ccccc21. The van der Waals surface area contributed by atoms with Gasteiger partial charge in [0.25, 0.3) is 0 Å². The molecule has 2 aliphatic heterocycles. The molecule has 2 aliphatic rings. The van der Waals surface area contributed by atoms with Crippen molar-refractivity contribution in [2.24, 2.45) is 7.05 Å². The van der Waals surface area contributed by atoms with Gasteiger partial charge in [-0.3, -0.25) is 4.90 Å². The number of nitrogens with one attached hydrogen (secondary N) is 1. The molecule has 1 fully saturated rings. The van der Waals surface area contributed by atoms with Crippen LogP contribution < -0.4 is 15.0 Å². The maximum Gasteiger partial charge on any atom is 0.322 e. The number of methoxy groups -OCH3 is 1. The number of carbonyl (C=O) groups is 1. The van der Waals surface area contributed by atoms with Gasteiger partial charge >= 0.3 is 6.03 Å². The quantitative estimate of drug-likeness (QED) is 0.880. The van der Waals surface area contributed by atoms with Crippen LogP contribution in [0.2, 0.25) is 0 Å². The summed E-state index contributed by atoms with van der Waals surface area (Å²) in [7, 11) is 3.49. The lowest BCUT2D eigenvalue weighted by Crippen LogP contribution is -2.44. The summed E-state index contributed by atoms with van der Waals surface area (Å²) in [4.78, 5) is 15.0. The van der Waals surface area contributed by atoms with Crippen LogP contribution in [0.3, 0.4) is 0 Å². The van der Waals surface area contributed by atoms with Gasteiger partial charge in [0.05, 0.1) is 24.9 Å². The lowest BCUT2D eigenvalue weighted by molar-refractivity contribution is 0.0556. The molecule has 0 radical (unpaired) electrons. The summed E-state index contributed by atoms with van der Waals surface area (Å²) in [5, 5.41) is 7.58. The Morgan fingerprint density at radius 2 is 2.07 bits per heavy atom. The molecule has 150 valence electrons. The number of carbonyl (C=O) groups excluding carboxylic acids is 1. The van der Waals surface area contributed by atoms with E-state index >= 15 is 0 Å². The Morgan fingerprint density at radius 1 is 1.32 bits per heavy atom. The van der Waals surface area contributed by atoms with Crippen LogP contribution in [0.15, 0.2) is 24.3 Å². The number of ether oxygens (including phenoxy) is 2. The number of benzene rings is 1. The minimum Gasteiger partial charge on any atom is -0.481 e. The second kappa shape index (κ2) is 7.47. The number of aryl methyl sites for hydroxylation is 2. The maximum absolute atomic E-state index is 13.1. The highest BCUT2D eigenvalue weighted by atomic mass is 16.5. The first-order chi connectivity index (χ1) is 13.6. The van der Waals surface area contributed by atoms with E-state index in [0.29, 0.717) is 19.0 Å². The number of hydrogen-bond acceptors (Lipinski definition) is 4. The van der Waals surface area contributed by atoms with Crippen molar-refractivity contribution in [3.63, 3.8) is 0 Å². The van der Waals surface area contributed by atoms with Crippen molar-refractivity contribution in [2.45, 2.75) is 38.1 Å². The summed E-state index contributed by atoms with van der Waals surface area (Å²) in [6.45, 7) is 4.64. The van der Waals surface area contributed by atoms with Gasteiger partial charge < -0.3 is 14.8 Å². The van der Waals surface area contributed by atoms with Gasteiger partial charge in [0.2, 0.25) is 5.88 Å². The van der Waals surface area contributed by atoms with Gasteiger partial charge in [-0.15, -0.1) is 0 Å². The van der Waals surface area contributed by atoms with E-state index in [1.807, 2.05) is 24.1 Å². The van der Waals surface area contributed by atoms with Crippen LogP contribution in [0.5, 0.6) is 5.88 Å². The maximum atomic E-state index is 13.1. The number of fused-ring (bicyclic) bond motifs is 2. The van der Waals surface area contributed by atoms with Crippen LogP contribution in [-0.4, -0.2) is 42.7 Å². The Hall–Kier alpha value is -2.54. The molecule has 3 heterocycles. The molecule has 28 heavy (non-hydrogen) atoms. The fraction of sp³-hybridized carbons (Fsp3) is 0.524. The number of anilines is 1. The normalized spacial score (nSPS) is 17.6. The molecule has 0 saturated carbocycles. The third-order valence-electron chi connectivity index (χ3n) is 6.04. The summed E-state index contributed by atoms with van der Waals surface area (Å²) in [5.74, 6) is 0.694. The minimum atomic E-state index is -0.0798. The molecule has 7 nitrogen and oxygen atoms in total. The van der Waals surface area contributed by atoms with Gasteiger partial charge in [-0.1, -0.05) is 25.1 Å². The molecule has 1 aromatic carbocycles. The zero-order valence-corrected chi connectivity index (χ0v) is 16.8. The van der Waals surface area contributed by atoms with Crippen molar-refractivity contribution >= 4 is 11.7 Å². The molecule has 1 saturated heterocycles. The zero-order valence-electron chi connectivity index (χ0n) is 16.8. The van der Waals surface area contributed by atoms with E-state index in [2.05, 4.69) is 29.5 Å². The van der Waals surface area contributed by atoms with Gasteiger partial charge in [0.1, 0.15) is 0 Å². The lowest BCUT2D eigenvalue weighted by Gasteiger charge is -2.34. The highest BCUT2D eigenvalue weighted by Crippen LogP contribution is 2.46. The topological polar surface area (TPSA) is 68.6 Å². The number of aromatic nitrogens is 2. The Balaban J connectivity index is 1.55. The van der Waals surface area contributed by atoms with E-state index in [1.165, 1.54) is 5.56 Å². The number of nitrogens with zero attached hydrogens (tertiary/aromatic N) is 3. The minimum absolute atomic E-state index is 0.00670. The van der Waals surface area contributed by atoms with Crippen molar-refractivity contribution < 1.29 is 14.3 Å². The van der Waals surface area contributed by atoms with E-state index in [-0.39, 0.29) is 11.4 Å². The molecule has 0 atom stereocenters. The summed E-state index contributed by atoms with van der Waals surface area (Å²) in [5.41, 5.74) is 4.17. The van der Waals surface area contributed by atoms with Crippen molar-refractivity contribution in [2.75, 3.05) is 31.8 Å². The smallest absolute Gasteiger partial charge is 0.322 e. The van der Waals surface area contributed by atoms with Gasteiger partial charge in [0.15, 0.2) is 0 Å². The van der Waals surface area contributed by atoms with Crippen molar-refractivity contribution in [3.8, 4) is 5.88 Å². The summed E-state index contributed by atoms with van der Waals surface area (Å²) >= 11 is 0. The van der Waals surface area contributed by atoms with Crippen LogP contribution in [0, 0.1) is 0 Å². The zero-order chi connectivity index (χ0) is 19.7. The summed E-state index contributed by atoms with van der Waals surface area (Å²) < 4.78 is 12.8. The average Bonchev–Trinajstić information content (AvgIpc) is 3.21. The molecule has 0 bridgehead atoms. The molecule has 1 spiro atoms. The molecule has 7 heteroatoms. The fourth-order valence-corrected chi connectivity index (χ4v) is 4.58. The molecule has 1 N–H and O–H groups in total. The average molecular weight is 384 g/mol. The highest BCUT2D eigenvalue weighted by molar-refractivity contribution is 5.95. The Morgan fingerprint density at radius 3 is 2.79 bits per heavy atom. The summed E-state index contributed by atoms with van der Waals surface area (Å²) in [6, 6.07) is 8.18. The van der Waals surface area contributed by atoms with Gasteiger partial charge in [-0.25, -0.2) is 9.48 Å². The van der Waals surface area contributed by atoms with Crippen LogP contribution in [0.4, 0.5) is 10.5 Å². The highest BCUT2D eigenvalue weighted by Gasteiger charge is 2.45. The monoisotopic (exact) mass is 384 g/mol. The first-order valence-electron chi connectivity index (χ1n) is 9.91. The third kappa shape index (κ3) is 3.03. The van der Waals surface area contributed by atoms with Crippen LogP contribution in [-0.2, 0) is 30.2 Å². The van der Waals surface area contributed by atoms with Crippen LogP contribution >= 0.6 is 0 Å². The first-order valence-corrected chi connectivity index (χ1v) is 9.91. The fourth-order valence-electron chi connectivity index (χ4n) is 4.58. The number of rotatable bonds is 4. The van der Waals surface area contributed by atoms with Gasteiger partial charge in [-0.2, -0.15) is 5.10 Å². The van der Waals surface area contributed by atoms with E-state index in [0.717, 1.165) is 49.4 Å². The van der Waals surface area contributed by atoms with Crippen molar-refractivity contribution in [1.82, 2.24) is 15.1 Å².